The molecule has 1 aliphatic rings. The van der Waals surface area contributed by atoms with Crippen LogP contribution in [0.3, 0.4) is 0 Å². The summed E-state index contributed by atoms with van der Waals surface area (Å²) in [6.07, 6.45) is 2.49. The molecule has 1 unspecified atom stereocenters. The fourth-order valence-electron chi connectivity index (χ4n) is 4.12. The minimum absolute atomic E-state index is 0.0961. The molecule has 1 saturated heterocycles. The lowest BCUT2D eigenvalue weighted by molar-refractivity contribution is 0.267. The molecule has 0 radical (unpaired) electrons. The van der Waals surface area contributed by atoms with E-state index in [1.165, 1.54) is 24.9 Å². The van der Waals surface area contributed by atoms with Gasteiger partial charge in [-0.2, -0.15) is 0 Å². The number of ether oxygens (including phenoxy) is 1. The molecule has 0 aliphatic carbocycles. The van der Waals surface area contributed by atoms with Gasteiger partial charge < -0.3 is 19.9 Å². The number of rotatable bonds is 9. The highest BCUT2D eigenvalue weighted by Crippen LogP contribution is 2.25. The van der Waals surface area contributed by atoms with Gasteiger partial charge in [-0.05, 0) is 50.6 Å². The zero-order chi connectivity index (χ0) is 23.1. The molecule has 8 nitrogen and oxygen atoms in total. The van der Waals surface area contributed by atoms with Crippen LogP contribution in [0.15, 0.2) is 29.3 Å². The monoisotopic (exact) mass is 441 g/mol. The minimum atomic E-state index is -0.0961. The summed E-state index contributed by atoms with van der Waals surface area (Å²) in [4.78, 5) is 7.38. The summed E-state index contributed by atoms with van der Waals surface area (Å²) in [7, 11) is 3.68. The molecule has 0 saturated carbocycles. The molecule has 2 heterocycles. The molecule has 8 heteroatoms. The van der Waals surface area contributed by atoms with E-state index in [0.29, 0.717) is 12.6 Å². The number of likely N-dealkylation sites (N-methyl/N-ethyl adjacent to an activating group) is 1. The zero-order valence-corrected chi connectivity index (χ0v) is 20.5. The number of benzene rings is 1. The average molecular weight is 442 g/mol. The molecule has 1 atom stereocenters. The highest BCUT2D eigenvalue weighted by atomic mass is 16.5. The van der Waals surface area contributed by atoms with Crippen LogP contribution in [0.2, 0.25) is 0 Å². The van der Waals surface area contributed by atoms with E-state index in [9.17, 15) is 0 Å². The Morgan fingerprint density at radius 2 is 2.09 bits per heavy atom. The molecule has 0 bridgehead atoms. The fourth-order valence-corrected chi connectivity index (χ4v) is 4.12. The first-order valence-electron chi connectivity index (χ1n) is 11.6. The third kappa shape index (κ3) is 6.00. The molecule has 1 aromatic heterocycles. The average Bonchev–Trinajstić information content (AvgIpc) is 3.39. The number of hydrogen-bond donors (Lipinski definition) is 2. The maximum Gasteiger partial charge on any atom is 0.191 e. The maximum atomic E-state index is 5.42. The van der Waals surface area contributed by atoms with Gasteiger partial charge in [0.05, 0.1) is 7.11 Å². The van der Waals surface area contributed by atoms with Crippen LogP contribution in [0, 0.1) is 6.92 Å². The second-order valence-corrected chi connectivity index (χ2v) is 9.16. The van der Waals surface area contributed by atoms with E-state index in [-0.39, 0.29) is 5.41 Å². The van der Waals surface area contributed by atoms with Gasteiger partial charge in [0.2, 0.25) is 0 Å². The summed E-state index contributed by atoms with van der Waals surface area (Å²) in [6, 6.07) is 8.82. The van der Waals surface area contributed by atoms with Crippen molar-refractivity contribution in [1.29, 1.82) is 0 Å². The minimum Gasteiger partial charge on any atom is -0.497 e. The number of likely N-dealkylation sites (tertiary alicyclic amines) is 1. The number of nitrogens with one attached hydrogen (secondary N) is 2. The normalized spacial score (nSPS) is 17.6. The molecule has 1 fully saturated rings. The first-order valence-corrected chi connectivity index (χ1v) is 11.6. The van der Waals surface area contributed by atoms with Gasteiger partial charge in [0.15, 0.2) is 11.8 Å². The third-order valence-corrected chi connectivity index (χ3v) is 6.52. The molecule has 1 aromatic carbocycles. The van der Waals surface area contributed by atoms with Gasteiger partial charge in [-0.25, -0.2) is 4.99 Å². The van der Waals surface area contributed by atoms with E-state index >= 15 is 0 Å². The standard InChI is InChI=1S/C24H39N7O/c1-7-31-13-9-11-20(31)15-25-23(26-16-22-29-28-18(2)30(22)5)27-17-24(3,4)19-10-8-12-21(14-19)32-6/h8,10,12,14,20H,7,9,11,13,15-17H2,1-6H3,(H2,25,26,27). The van der Waals surface area contributed by atoms with E-state index in [4.69, 9.17) is 9.73 Å². The fraction of sp³-hybridized carbons (Fsp3) is 0.625. The number of nitrogens with zero attached hydrogens (tertiary/aromatic N) is 5. The number of methoxy groups -OCH3 is 1. The van der Waals surface area contributed by atoms with Crippen molar-refractivity contribution >= 4 is 5.96 Å². The molecule has 2 aromatic rings. The van der Waals surface area contributed by atoms with Crippen LogP contribution in [0.4, 0.5) is 0 Å². The Hall–Kier alpha value is -2.61. The van der Waals surface area contributed by atoms with Crippen molar-refractivity contribution in [2.24, 2.45) is 12.0 Å². The Bertz CT molecular complexity index is 906. The molecular formula is C24H39N7O. The lowest BCUT2D eigenvalue weighted by Gasteiger charge is -2.28. The summed E-state index contributed by atoms with van der Waals surface area (Å²) in [5.41, 5.74) is 1.13. The highest BCUT2D eigenvalue weighted by Gasteiger charge is 2.24. The molecule has 2 N–H and O–H groups in total. The Morgan fingerprint density at radius 1 is 1.28 bits per heavy atom. The number of aromatic nitrogens is 3. The summed E-state index contributed by atoms with van der Waals surface area (Å²) >= 11 is 0. The van der Waals surface area contributed by atoms with Crippen molar-refractivity contribution in [2.75, 3.05) is 33.3 Å². The van der Waals surface area contributed by atoms with E-state index in [2.05, 4.69) is 58.6 Å². The van der Waals surface area contributed by atoms with Crippen molar-refractivity contribution < 1.29 is 4.74 Å². The van der Waals surface area contributed by atoms with Crippen LogP contribution < -0.4 is 15.4 Å². The number of guanidine groups is 1. The smallest absolute Gasteiger partial charge is 0.191 e. The summed E-state index contributed by atoms with van der Waals surface area (Å²) in [5.74, 6) is 3.43. The SMILES string of the molecule is CCN1CCCC1CNC(=NCc1nnc(C)n1C)NCC(C)(C)c1cccc(OC)c1. The number of aliphatic imine (C=N–C) groups is 1. The zero-order valence-electron chi connectivity index (χ0n) is 20.5. The van der Waals surface area contributed by atoms with Crippen LogP contribution in [0.5, 0.6) is 5.75 Å². The van der Waals surface area contributed by atoms with Gasteiger partial charge in [0, 0.05) is 31.6 Å². The summed E-state index contributed by atoms with van der Waals surface area (Å²) in [5, 5.41) is 15.6. The van der Waals surface area contributed by atoms with Gasteiger partial charge in [0.1, 0.15) is 18.1 Å². The van der Waals surface area contributed by atoms with Gasteiger partial charge in [-0.3, -0.25) is 4.90 Å². The van der Waals surface area contributed by atoms with Crippen molar-refractivity contribution in [3.63, 3.8) is 0 Å². The molecule has 32 heavy (non-hydrogen) atoms. The predicted molar refractivity (Wildman–Crippen MR) is 129 cm³/mol. The molecule has 1 aliphatic heterocycles. The van der Waals surface area contributed by atoms with Crippen LogP contribution in [-0.2, 0) is 19.0 Å². The third-order valence-electron chi connectivity index (χ3n) is 6.52. The lowest BCUT2D eigenvalue weighted by atomic mass is 9.84. The molecular weight excluding hydrogens is 402 g/mol. The second-order valence-electron chi connectivity index (χ2n) is 9.16. The van der Waals surface area contributed by atoms with Gasteiger partial charge in [-0.15, -0.1) is 10.2 Å². The van der Waals surface area contributed by atoms with Crippen LogP contribution >= 0.6 is 0 Å². The Kier molecular flexibility index (Phi) is 8.12. The van der Waals surface area contributed by atoms with Gasteiger partial charge in [0.25, 0.3) is 0 Å². The van der Waals surface area contributed by atoms with Crippen molar-refractivity contribution in [1.82, 2.24) is 30.3 Å². The van der Waals surface area contributed by atoms with Gasteiger partial charge >= 0.3 is 0 Å². The molecule has 0 spiro atoms. The summed E-state index contributed by atoms with van der Waals surface area (Å²) in [6.45, 7) is 13.0. The van der Waals surface area contributed by atoms with E-state index in [0.717, 1.165) is 43.0 Å². The summed E-state index contributed by atoms with van der Waals surface area (Å²) < 4.78 is 7.40. The largest absolute Gasteiger partial charge is 0.497 e. The lowest BCUT2D eigenvalue weighted by Crippen LogP contribution is -2.47. The highest BCUT2D eigenvalue weighted by molar-refractivity contribution is 5.80. The van der Waals surface area contributed by atoms with Gasteiger partial charge in [-0.1, -0.05) is 32.9 Å². The van der Waals surface area contributed by atoms with Crippen molar-refractivity contribution in [2.45, 2.75) is 58.5 Å². The van der Waals surface area contributed by atoms with E-state index in [1.807, 2.05) is 30.7 Å². The first kappa shape index (κ1) is 24.0. The van der Waals surface area contributed by atoms with Crippen LogP contribution in [0.25, 0.3) is 0 Å². The molecule has 3 rings (SSSR count). The Morgan fingerprint density at radius 3 is 2.78 bits per heavy atom. The van der Waals surface area contributed by atoms with E-state index in [1.54, 1.807) is 7.11 Å². The Labute approximate surface area is 192 Å². The first-order chi connectivity index (χ1) is 15.3. The Balaban J connectivity index is 1.70. The molecule has 0 amide bonds. The second kappa shape index (κ2) is 10.8. The molecule has 176 valence electrons. The van der Waals surface area contributed by atoms with Crippen molar-refractivity contribution in [3.05, 3.63) is 41.5 Å². The topological polar surface area (TPSA) is 79.6 Å². The number of hydrogen-bond acceptors (Lipinski definition) is 5. The predicted octanol–water partition coefficient (Wildman–Crippen LogP) is 2.63. The van der Waals surface area contributed by atoms with E-state index < -0.39 is 0 Å². The van der Waals surface area contributed by atoms with Crippen molar-refractivity contribution in [3.8, 4) is 5.75 Å². The quantitative estimate of drug-likeness (QED) is 0.460. The number of aryl methyl sites for hydroxylation is 1. The van der Waals surface area contributed by atoms with Crippen LogP contribution in [-0.4, -0.2) is 65.0 Å². The van der Waals surface area contributed by atoms with Crippen LogP contribution in [0.1, 0.15) is 50.8 Å². The maximum absolute atomic E-state index is 5.42.